The van der Waals surface area contributed by atoms with Crippen LogP contribution < -0.4 is 5.56 Å². The third-order valence-corrected chi connectivity index (χ3v) is 5.49. The van der Waals surface area contributed by atoms with E-state index in [1.807, 2.05) is 54.6 Å². The molecule has 0 bridgehead atoms. The van der Waals surface area contributed by atoms with E-state index in [0.717, 1.165) is 27.6 Å². The third-order valence-electron chi connectivity index (χ3n) is 4.81. The molecule has 0 aliphatic rings. The molecule has 2 aromatic carbocycles. The van der Waals surface area contributed by atoms with Crippen LogP contribution in [0, 0.1) is 0 Å². The predicted molar refractivity (Wildman–Crippen MR) is 119 cm³/mol. The van der Waals surface area contributed by atoms with Crippen LogP contribution in [0.5, 0.6) is 0 Å². The lowest BCUT2D eigenvalue weighted by Crippen LogP contribution is -2.05. The summed E-state index contributed by atoms with van der Waals surface area (Å²) in [5.74, 6) is 0. The number of halogens is 2. The molecular weight excluding hydrogens is 405 g/mol. The van der Waals surface area contributed by atoms with Crippen LogP contribution in [0.2, 0.25) is 10.0 Å². The molecule has 140 valence electrons. The Morgan fingerprint density at radius 2 is 1.69 bits per heavy atom. The maximum absolute atomic E-state index is 11.8. The molecule has 6 heteroatoms. The Hall–Kier alpha value is -3.21. The minimum absolute atomic E-state index is 0.229. The topological polar surface area (TPSA) is 58.6 Å². The van der Waals surface area contributed by atoms with Crippen LogP contribution in [0.15, 0.2) is 77.7 Å². The molecule has 29 heavy (non-hydrogen) atoms. The fourth-order valence-corrected chi connectivity index (χ4v) is 4.12. The zero-order valence-corrected chi connectivity index (χ0v) is 16.5. The number of H-pyrrole nitrogens is 1. The van der Waals surface area contributed by atoms with E-state index in [2.05, 4.69) is 9.97 Å². The summed E-state index contributed by atoms with van der Waals surface area (Å²) in [6, 6.07) is 20.5. The van der Waals surface area contributed by atoms with Crippen molar-refractivity contribution < 1.29 is 0 Å². The van der Waals surface area contributed by atoms with Gasteiger partial charge in [0.05, 0.1) is 21.3 Å². The molecule has 0 unspecified atom stereocenters. The van der Waals surface area contributed by atoms with Crippen LogP contribution in [0.25, 0.3) is 44.3 Å². The van der Waals surface area contributed by atoms with Crippen molar-refractivity contribution in [1.29, 1.82) is 0 Å². The summed E-state index contributed by atoms with van der Waals surface area (Å²) in [6.45, 7) is 0. The van der Waals surface area contributed by atoms with Gasteiger partial charge in [0.15, 0.2) is 0 Å². The van der Waals surface area contributed by atoms with E-state index in [9.17, 15) is 4.79 Å². The molecule has 3 aromatic heterocycles. The van der Waals surface area contributed by atoms with Crippen LogP contribution >= 0.6 is 23.2 Å². The number of hydrogen-bond acceptors (Lipinski definition) is 3. The van der Waals surface area contributed by atoms with Crippen LogP contribution in [0.4, 0.5) is 0 Å². The van der Waals surface area contributed by atoms with Gasteiger partial charge in [-0.25, -0.2) is 4.98 Å². The van der Waals surface area contributed by atoms with Crippen LogP contribution in [-0.2, 0) is 0 Å². The van der Waals surface area contributed by atoms with Gasteiger partial charge in [-0.05, 0) is 29.8 Å². The normalized spacial score (nSPS) is 11.2. The van der Waals surface area contributed by atoms with E-state index in [0.29, 0.717) is 26.8 Å². The Bertz CT molecular complexity index is 1450. The first-order valence-electron chi connectivity index (χ1n) is 8.94. The number of fused-ring (bicyclic) bond motifs is 2. The number of nitrogens with one attached hydrogen (secondary N) is 1. The second-order valence-electron chi connectivity index (χ2n) is 6.63. The molecule has 5 aromatic rings. The van der Waals surface area contributed by atoms with Crippen LogP contribution in [0.1, 0.15) is 0 Å². The van der Waals surface area contributed by atoms with Crippen LogP contribution in [0.3, 0.4) is 0 Å². The molecule has 1 N–H and O–H groups in total. The Morgan fingerprint density at radius 1 is 0.862 bits per heavy atom. The average molecular weight is 418 g/mol. The number of nitrogens with zero attached hydrogens (tertiary/aromatic N) is 2. The van der Waals surface area contributed by atoms with Crippen molar-refractivity contribution in [3.8, 4) is 22.4 Å². The van der Waals surface area contributed by atoms with Crippen LogP contribution in [-0.4, -0.2) is 15.0 Å². The van der Waals surface area contributed by atoms with Gasteiger partial charge in [-0.15, -0.1) is 0 Å². The summed E-state index contributed by atoms with van der Waals surface area (Å²) in [5.41, 5.74) is 4.09. The maximum atomic E-state index is 11.8. The van der Waals surface area contributed by atoms with Crippen molar-refractivity contribution in [2.24, 2.45) is 0 Å². The van der Waals surface area contributed by atoms with E-state index in [4.69, 9.17) is 28.2 Å². The van der Waals surface area contributed by atoms with Crippen molar-refractivity contribution in [3.05, 3.63) is 93.3 Å². The lowest BCUT2D eigenvalue weighted by atomic mass is 9.96. The summed E-state index contributed by atoms with van der Waals surface area (Å²) in [4.78, 5) is 23.7. The highest BCUT2D eigenvalue weighted by atomic mass is 35.5. The Morgan fingerprint density at radius 3 is 2.52 bits per heavy atom. The number of aromatic amines is 1. The summed E-state index contributed by atoms with van der Waals surface area (Å²) < 4.78 is 0. The number of aromatic nitrogens is 3. The highest BCUT2D eigenvalue weighted by molar-refractivity contribution is 6.39. The zero-order chi connectivity index (χ0) is 20.0. The molecule has 0 fully saturated rings. The van der Waals surface area contributed by atoms with Gasteiger partial charge in [0.25, 0.3) is 0 Å². The van der Waals surface area contributed by atoms with E-state index in [-0.39, 0.29) is 5.56 Å². The molecule has 0 aliphatic heterocycles. The highest BCUT2D eigenvalue weighted by Crippen LogP contribution is 2.41. The number of rotatable bonds is 2. The fraction of sp³-hybridized carbons (Fsp3) is 0. The molecule has 0 amide bonds. The Kier molecular flexibility index (Phi) is 4.31. The maximum Gasteiger partial charge on any atom is 0.249 e. The van der Waals surface area contributed by atoms with E-state index >= 15 is 0 Å². The van der Waals surface area contributed by atoms with Gasteiger partial charge in [-0.1, -0.05) is 59.6 Å². The Labute approximate surface area is 175 Å². The average Bonchev–Trinajstić information content (AvgIpc) is 2.74. The summed E-state index contributed by atoms with van der Waals surface area (Å²) >= 11 is 13.4. The van der Waals surface area contributed by atoms with Gasteiger partial charge in [0.2, 0.25) is 5.56 Å². The van der Waals surface area contributed by atoms with Gasteiger partial charge >= 0.3 is 0 Å². The van der Waals surface area contributed by atoms with Crippen molar-refractivity contribution in [2.75, 3.05) is 0 Å². The Balaban J connectivity index is 1.91. The van der Waals surface area contributed by atoms with Crippen molar-refractivity contribution >= 4 is 45.1 Å². The van der Waals surface area contributed by atoms with E-state index < -0.39 is 0 Å². The van der Waals surface area contributed by atoms with Gasteiger partial charge in [-0.3, -0.25) is 9.78 Å². The number of benzene rings is 2. The molecule has 4 nitrogen and oxygen atoms in total. The van der Waals surface area contributed by atoms with Gasteiger partial charge < -0.3 is 4.98 Å². The van der Waals surface area contributed by atoms with Crippen molar-refractivity contribution in [3.63, 3.8) is 0 Å². The molecule has 0 saturated carbocycles. The summed E-state index contributed by atoms with van der Waals surface area (Å²) in [6.07, 6.45) is 1.71. The predicted octanol–water partition coefficient (Wildman–Crippen LogP) is 6.11. The molecule has 3 heterocycles. The molecule has 0 aliphatic carbocycles. The minimum Gasteiger partial charge on any atom is -0.307 e. The van der Waals surface area contributed by atoms with Gasteiger partial charge in [-0.2, -0.15) is 0 Å². The lowest BCUT2D eigenvalue weighted by Gasteiger charge is -2.15. The fourth-order valence-electron chi connectivity index (χ4n) is 3.50. The second-order valence-corrected chi connectivity index (χ2v) is 7.42. The molecule has 0 spiro atoms. The first kappa shape index (κ1) is 17.9. The first-order chi connectivity index (χ1) is 14.1. The lowest BCUT2D eigenvalue weighted by molar-refractivity contribution is 1.23. The first-order valence-corrected chi connectivity index (χ1v) is 9.70. The number of pyridine rings is 3. The third kappa shape index (κ3) is 3.07. The minimum atomic E-state index is -0.229. The largest absolute Gasteiger partial charge is 0.307 e. The smallest absolute Gasteiger partial charge is 0.249 e. The quantitative estimate of drug-likeness (QED) is 0.376. The summed E-state index contributed by atoms with van der Waals surface area (Å²) in [7, 11) is 0. The summed E-state index contributed by atoms with van der Waals surface area (Å²) in [5, 5.41) is 2.62. The zero-order valence-electron chi connectivity index (χ0n) is 15.0. The molecule has 5 rings (SSSR count). The van der Waals surface area contributed by atoms with Gasteiger partial charge in [0.1, 0.15) is 5.65 Å². The standard InChI is InChI=1S/C23H13Cl2N3O/c24-17-12-15(11-14-7-4-10-26-21(14)17)19-20(25)16-8-9-18(29)27-23(16)28-22(19)13-5-2-1-3-6-13/h1-12H,(H,27,28,29). The number of hydrogen-bond donors (Lipinski definition) is 1. The van der Waals surface area contributed by atoms with Gasteiger partial charge in [0, 0.05) is 34.2 Å². The van der Waals surface area contributed by atoms with E-state index in [1.54, 1.807) is 12.3 Å². The highest BCUT2D eigenvalue weighted by Gasteiger charge is 2.19. The second kappa shape index (κ2) is 6.99. The van der Waals surface area contributed by atoms with Crippen molar-refractivity contribution in [1.82, 2.24) is 15.0 Å². The van der Waals surface area contributed by atoms with E-state index in [1.165, 1.54) is 6.07 Å². The molecule has 0 atom stereocenters. The molecule has 0 saturated heterocycles. The SMILES string of the molecule is O=c1ccc2c(Cl)c(-c3cc(Cl)c4ncccc4c3)c(-c3ccccc3)nc2[nH]1. The molecule has 0 radical (unpaired) electrons. The van der Waals surface area contributed by atoms with Crippen molar-refractivity contribution in [2.45, 2.75) is 0 Å². The monoisotopic (exact) mass is 417 g/mol. The molecular formula is C23H13Cl2N3O.